The summed E-state index contributed by atoms with van der Waals surface area (Å²) in [5, 5.41) is 9.56. The Kier molecular flexibility index (Phi) is 5.37. The Balaban J connectivity index is 1.42. The van der Waals surface area contributed by atoms with Crippen LogP contribution in [0.5, 0.6) is 0 Å². The van der Waals surface area contributed by atoms with Gasteiger partial charge in [-0.15, -0.1) is 5.10 Å². The summed E-state index contributed by atoms with van der Waals surface area (Å²) < 4.78 is 1.94. The van der Waals surface area contributed by atoms with E-state index in [1.54, 1.807) is 6.20 Å². The van der Waals surface area contributed by atoms with Crippen LogP contribution < -0.4 is 0 Å². The molecule has 1 aliphatic heterocycles. The van der Waals surface area contributed by atoms with Gasteiger partial charge in [-0.1, -0.05) is 25.1 Å². The van der Waals surface area contributed by atoms with Gasteiger partial charge in [0.25, 0.3) is 5.91 Å². The Labute approximate surface area is 165 Å². The molecular formula is C22H27N5O. The van der Waals surface area contributed by atoms with E-state index < -0.39 is 0 Å². The van der Waals surface area contributed by atoms with E-state index in [1.165, 1.54) is 0 Å². The molecule has 0 aliphatic carbocycles. The van der Waals surface area contributed by atoms with Crippen molar-refractivity contribution in [2.24, 2.45) is 11.8 Å². The number of amides is 1. The molecule has 0 unspecified atom stereocenters. The monoisotopic (exact) mass is 377 g/mol. The van der Waals surface area contributed by atoms with Crippen LogP contribution in [0.3, 0.4) is 0 Å². The fourth-order valence-electron chi connectivity index (χ4n) is 3.99. The molecule has 0 N–H and O–H groups in total. The van der Waals surface area contributed by atoms with E-state index in [9.17, 15) is 4.79 Å². The van der Waals surface area contributed by atoms with E-state index in [4.69, 9.17) is 0 Å². The van der Waals surface area contributed by atoms with Gasteiger partial charge in [0.15, 0.2) is 0 Å². The third-order valence-electron chi connectivity index (χ3n) is 5.30. The van der Waals surface area contributed by atoms with Crippen LogP contribution in [0.1, 0.15) is 42.7 Å². The highest BCUT2D eigenvalue weighted by Crippen LogP contribution is 2.22. The molecule has 6 heteroatoms. The molecule has 4 rings (SSSR count). The molecule has 0 spiro atoms. The number of piperidine rings is 1. The van der Waals surface area contributed by atoms with Gasteiger partial charge in [0.05, 0.1) is 11.2 Å². The van der Waals surface area contributed by atoms with Gasteiger partial charge in [0.1, 0.15) is 0 Å². The fraction of sp³-hybridized carbons (Fsp3) is 0.455. The van der Waals surface area contributed by atoms with Crippen LogP contribution in [-0.4, -0.2) is 43.9 Å². The number of carbonyl (C=O) groups excluding carboxylic acids is 1. The highest BCUT2D eigenvalue weighted by molar-refractivity contribution is 5.98. The van der Waals surface area contributed by atoms with Gasteiger partial charge in [-0.05, 0) is 55.4 Å². The molecule has 3 aromatic rings. The first-order valence-corrected chi connectivity index (χ1v) is 10.1. The molecule has 1 amide bonds. The second-order valence-corrected chi connectivity index (χ2v) is 8.20. The van der Waals surface area contributed by atoms with Gasteiger partial charge in [-0.3, -0.25) is 14.5 Å². The van der Waals surface area contributed by atoms with Gasteiger partial charge in [0.2, 0.25) is 0 Å². The SMILES string of the molecule is CC(C)Cc1cn(C[C@@H]2CCCN(C(=O)c3ccc4ncccc4c3)C2)nn1. The van der Waals surface area contributed by atoms with Crippen LogP contribution in [0, 0.1) is 11.8 Å². The minimum absolute atomic E-state index is 0.106. The van der Waals surface area contributed by atoms with Crippen LogP contribution in [0.2, 0.25) is 0 Å². The molecule has 0 radical (unpaired) electrons. The molecule has 1 fully saturated rings. The van der Waals surface area contributed by atoms with Crippen molar-refractivity contribution in [3.05, 3.63) is 54.0 Å². The van der Waals surface area contributed by atoms with Crippen molar-refractivity contribution in [3.63, 3.8) is 0 Å². The van der Waals surface area contributed by atoms with Crippen molar-refractivity contribution in [1.82, 2.24) is 24.9 Å². The first kappa shape index (κ1) is 18.6. The standard InChI is InChI=1S/C22H27N5O/c1-16(2)11-20-15-27(25-24-20)14-17-5-4-10-26(13-17)22(28)19-7-8-21-18(12-19)6-3-9-23-21/h3,6-9,12,15-17H,4-5,10-11,13-14H2,1-2H3/t17-/m1/s1. The maximum atomic E-state index is 13.0. The predicted molar refractivity (Wildman–Crippen MR) is 109 cm³/mol. The zero-order valence-electron chi connectivity index (χ0n) is 16.6. The maximum Gasteiger partial charge on any atom is 0.253 e. The van der Waals surface area contributed by atoms with E-state index in [1.807, 2.05) is 39.9 Å². The van der Waals surface area contributed by atoms with Crippen molar-refractivity contribution in [2.75, 3.05) is 13.1 Å². The lowest BCUT2D eigenvalue weighted by Crippen LogP contribution is -2.41. The van der Waals surface area contributed by atoms with Crippen LogP contribution in [-0.2, 0) is 13.0 Å². The third-order valence-corrected chi connectivity index (χ3v) is 5.30. The van der Waals surface area contributed by atoms with Crippen molar-refractivity contribution in [3.8, 4) is 0 Å². The summed E-state index contributed by atoms with van der Waals surface area (Å²) in [6.45, 7) is 6.77. The highest BCUT2D eigenvalue weighted by atomic mass is 16.2. The number of carbonyl (C=O) groups is 1. The molecule has 3 heterocycles. The summed E-state index contributed by atoms with van der Waals surface area (Å²) in [5.41, 5.74) is 2.70. The number of rotatable bonds is 5. The lowest BCUT2D eigenvalue weighted by atomic mass is 9.97. The second kappa shape index (κ2) is 8.09. The van der Waals surface area contributed by atoms with E-state index >= 15 is 0 Å². The normalized spacial score (nSPS) is 17.4. The first-order valence-electron chi connectivity index (χ1n) is 10.1. The number of fused-ring (bicyclic) bond motifs is 1. The average molecular weight is 377 g/mol. The Morgan fingerprint density at radius 2 is 2.18 bits per heavy atom. The Hall–Kier alpha value is -2.76. The summed E-state index contributed by atoms with van der Waals surface area (Å²) in [6, 6.07) is 9.66. The highest BCUT2D eigenvalue weighted by Gasteiger charge is 2.25. The molecule has 2 aromatic heterocycles. The quantitative estimate of drug-likeness (QED) is 0.682. The Morgan fingerprint density at radius 1 is 1.29 bits per heavy atom. The van der Waals surface area contributed by atoms with E-state index in [0.717, 1.165) is 61.1 Å². The number of aromatic nitrogens is 4. The third kappa shape index (κ3) is 4.21. The van der Waals surface area contributed by atoms with Gasteiger partial charge >= 0.3 is 0 Å². The second-order valence-electron chi connectivity index (χ2n) is 8.20. The predicted octanol–water partition coefficient (Wildman–Crippen LogP) is 3.58. The zero-order valence-corrected chi connectivity index (χ0v) is 16.6. The molecule has 1 saturated heterocycles. The van der Waals surface area contributed by atoms with Crippen LogP contribution >= 0.6 is 0 Å². The number of likely N-dealkylation sites (tertiary alicyclic amines) is 1. The van der Waals surface area contributed by atoms with Crippen LogP contribution in [0.4, 0.5) is 0 Å². The summed E-state index contributed by atoms with van der Waals surface area (Å²) >= 11 is 0. The van der Waals surface area contributed by atoms with E-state index in [-0.39, 0.29) is 5.91 Å². The Morgan fingerprint density at radius 3 is 3.04 bits per heavy atom. The van der Waals surface area contributed by atoms with E-state index in [2.05, 4.69) is 35.3 Å². The molecular weight excluding hydrogens is 350 g/mol. The van der Waals surface area contributed by atoms with Crippen molar-refractivity contribution >= 4 is 16.8 Å². The number of benzene rings is 1. The lowest BCUT2D eigenvalue weighted by Gasteiger charge is -2.32. The Bertz CT molecular complexity index is 964. The van der Waals surface area contributed by atoms with E-state index in [0.29, 0.717) is 11.8 Å². The van der Waals surface area contributed by atoms with Gasteiger partial charge in [-0.25, -0.2) is 0 Å². The molecule has 1 aromatic carbocycles. The molecule has 1 atom stereocenters. The average Bonchev–Trinajstić information content (AvgIpc) is 3.13. The van der Waals surface area contributed by atoms with Crippen LogP contribution in [0.25, 0.3) is 10.9 Å². The van der Waals surface area contributed by atoms with Gasteiger partial charge < -0.3 is 4.90 Å². The summed E-state index contributed by atoms with van der Waals surface area (Å²) in [4.78, 5) is 19.4. The smallest absolute Gasteiger partial charge is 0.253 e. The number of nitrogens with zero attached hydrogens (tertiary/aromatic N) is 5. The van der Waals surface area contributed by atoms with Crippen molar-refractivity contribution < 1.29 is 4.79 Å². The number of hydrogen-bond acceptors (Lipinski definition) is 4. The van der Waals surface area contributed by atoms with Crippen LogP contribution in [0.15, 0.2) is 42.7 Å². The molecule has 0 bridgehead atoms. The molecule has 6 nitrogen and oxygen atoms in total. The van der Waals surface area contributed by atoms with Gasteiger partial charge in [0, 0.05) is 43.0 Å². The first-order chi connectivity index (χ1) is 13.6. The van der Waals surface area contributed by atoms with Crippen molar-refractivity contribution in [1.29, 1.82) is 0 Å². The topological polar surface area (TPSA) is 63.9 Å². The molecule has 1 aliphatic rings. The zero-order chi connectivity index (χ0) is 19.5. The molecule has 28 heavy (non-hydrogen) atoms. The molecule has 146 valence electrons. The number of hydrogen-bond donors (Lipinski definition) is 0. The summed E-state index contributed by atoms with van der Waals surface area (Å²) in [6.07, 6.45) is 6.92. The van der Waals surface area contributed by atoms with Crippen molar-refractivity contribution in [2.45, 2.75) is 39.7 Å². The number of pyridine rings is 1. The van der Waals surface area contributed by atoms with Gasteiger partial charge in [-0.2, -0.15) is 0 Å². The summed E-state index contributed by atoms with van der Waals surface area (Å²) in [7, 11) is 0. The minimum atomic E-state index is 0.106. The summed E-state index contributed by atoms with van der Waals surface area (Å²) in [5.74, 6) is 1.09. The lowest BCUT2D eigenvalue weighted by molar-refractivity contribution is 0.0659. The molecule has 0 saturated carbocycles. The minimum Gasteiger partial charge on any atom is -0.338 e. The fourth-order valence-corrected chi connectivity index (χ4v) is 3.99. The maximum absolute atomic E-state index is 13.0. The largest absolute Gasteiger partial charge is 0.338 e.